The fourth-order valence-corrected chi connectivity index (χ4v) is 3.64. The van der Waals surface area contributed by atoms with Crippen molar-refractivity contribution in [3.63, 3.8) is 0 Å². The van der Waals surface area contributed by atoms with Gasteiger partial charge in [0.2, 0.25) is 0 Å². The first-order chi connectivity index (χ1) is 10.1. The Bertz CT molecular complexity index is 686. The third-order valence-corrected chi connectivity index (χ3v) is 4.49. The minimum atomic E-state index is -0.969. The number of nitrogens with zero attached hydrogens (tertiary/aromatic N) is 3. The van der Waals surface area contributed by atoms with Gasteiger partial charge in [0, 0.05) is 24.4 Å². The smallest absolute Gasteiger partial charge is 0.404 e. The van der Waals surface area contributed by atoms with E-state index in [1.165, 1.54) is 0 Å². The molecule has 2 aromatic rings. The van der Waals surface area contributed by atoms with Gasteiger partial charge in [-0.2, -0.15) is 0 Å². The number of nitrogen functional groups attached to an aromatic ring is 1. The van der Waals surface area contributed by atoms with E-state index in [9.17, 15) is 4.79 Å². The Kier molecular flexibility index (Phi) is 3.71. The highest BCUT2D eigenvalue weighted by Gasteiger charge is 2.28. The van der Waals surface area contributed by atoms with Crippen molar-refractivity contribution in [2.24, 2.45) is 0 Å². The summed E-state index contributed by atoms with van der Waals surface area (Å²) in [6, 6.07) is -0.0217. The average molecular weight is 354 g/mol. The third kappa shape index (κ3) is 2.67. The molecule has 2 aromatic heterocycles. The van der Waals surface area contributed by atoms with Crippen LogP contribution in [-0.2, 0) is 0 Å². The molecule has 0 aliphatic heterocycles. The molecular weight excluding hydrogens is 338 g/mol. The highest BCUT2D eigenvalue weighted by molar-refractivity contribution is 9.10. The molecule has 2 unspecified atom stereocenters. The molecule has 1 saturated carbocycles. The van der Waals surface area contributed by atoms with Crippen molar-refractivity contribution >= 4 is 33.4 Å². The first kappa shape index (κ1) is 14.1. The van der Waals surface area contributed by atoms with Gasteiger partial charge in [0.25, 0.3) is 0 Å². The molecule has 8 heteroatoms. The molecule has 0 saturated heterocycles. The second-order valence-corrected chi connectivity index (χ2v) is 6.05. The number of fused-ring (bicyclic) bond motifs is 1. The van der Waals surface area contributed by atoms with Gasteiger partial charge in [0.15, 0.2) is 5.82 Å². The number of amides is 1. The number of aromatic nitrogens is 3. The summed E-state index contributed by atoms with van der Waals surface area (Å²) in [6.45, 7) is 0. The molecule has 1 fully saturated rings. The highest BCUT2D eigenvalue weighted by atomic mass is 79.9. The van der Waals surface area contributed by atoms with Crippen molar-refractivity contribution in [3.8, 4) is 0 Å². The number of nitrogens with one attached hydrogen (secondary N) is 1. The standard InChI is InChI=1S/C13H16BrN5O2/c14-10-9-11(15)16-4-5-19(9)12(18-10)7-2-1-3-8(6-7)17-13(20)21/h4-5,7-8,17H,1-3,6H2,(H2,15,16)(H,20,21). The normalized spacial score (nSPS) is 22.3. The van der Waals surface area contributed by atoms with Crippen LogP contribution in [0.15, 0.2) is 17.0 Å². The van der Waals surface area contributed by atoms with Gasteiger partial charge >= 0.3 is 6.09 Å². The van der Waals surface area contributed by atoms with Gasteiger partial charge in [-0.1, -0.05) is 6.42 Å². The van der Waals surface area contributed by atoms with E-state index >= 15 is 0 Å². The SMILES string of the molecule is Nc1nccn2c(C3CCCC(NC(=O)O)C3)nc(Br)c12. The van der Waals surface area contributed by atoms with E-state index in [0.29, 0.717) is 10.4 Å². The Balaban J connectivity index is 1.93. The Hall–Kier alpha value is -1.83. The van der Waals surface area contributed by atoms with E-state index in [1.807, 2.05) is 10.6 Å². The summed E-state index contributed by atoms with van der Waals surface area (Å²) in [5.74, 6) is 1.54. The van der Waals surface area contributed by atoms with Gasteiger partial charge < -0.3 is 16.2 Å². The lowest BCUT2D eigenvalue weighted by Crippen LogP contribution is -2.37. The van der Waals surface area contributed by atoms with Crippen LogP contribution >= 0.6 is 15.9 Å². The molecule has 1 aliphatic carbocycles. The summed E-state index contributed by atoms with van der Waals surface area (Å²) in [5, 5.41) is 11.4. The average Bonchev–Trinajstić information content (AvgIpc) is 2.77. The van der Waals surface area contributed by atoms with Crippen LogP contribution < -0.4 is 11.1 Å². The van der Waals surface area contributed by atoms with E-state index in [1.54, 1.807) is 6.20 Å². The van der Waals surface area contributed by atoms with E-state index in [4.69, 9.17) is 10.8 Å². The molecule has 3 rings (SSSR count). The van der Waals surface area contributed by atoms with Gasteiger partial charge in [-0.3, -0.25) is 4.40 Å². The number of carboxylic acid groups (broad SMARTS) is 1. The number of imidazole rings is 1. The topological polar surface area (TPSA) is 106 Å². The Morgan fingerprint density at radius 1 is 1.52 bits per heavy atom. The minimum Gasteiger partial charge on any atom is -0.465 e. The second-order valence-electron chi connectivity index (χ2n) is 5.30. The zero-order valence-corrected chi connectivity index (χ0v) is 12.9. The van der Waals surface area contributed by atoms with Crippen LogP contribution in [0, 0.1) is 0 Å². The molecule has 21 heavy (non-hydrogen) atoms. The lowest BCUT2D eigenvalue weighted by Gasteiger charge is -2.28. The number of nitrogens with two attached hydrogens (primary N) is 1. The third-order valence-electron chi connectivity index (χ3n) is 3.93. The number of rotatable bonds is 2. The Labute approximate surface area is 129 Å². The molecule has 0 spiro atoms. The number of hydrogen-bond acceptors (Lipinski definition) is 4. The molecule has 2 atom stereocenters. The van der Waals surface area contributed by atoms with Crippen LogP contribution in [0.5, 0.6) is 0 Å². The van der Waals surface area contributed by atoms with Crippen LogP contribution in [0.3, 0.4) is 0 Å². The largest absolute Gasteiger partial charge is 0.465 e. The van der Waals surface area contributed by atoms with Gasteiger partial charge in [0.05, 0.1) is 0 Å². The van der Waals surface area contributed by atoms with E-state index < -0.39 is 6.09 Å². The summed E-state index contributed by atoms with van der Waals surface area (Å²) in [6.07, 6.45) is 6.11. The van der Waals surface area contributed by atoms with E-state index in [0.717, 1.165) is 37.0 Å². The van der Waals surface area contributed by atoms with Crippen LogP contribution in [0.1, 0.15) is 37.4 Å². The van der Waals surface area contributed by atoms with Gasteiger partial charge in [-0.05, 0) is 35.2 Å². The van der Waals surface area contributed by atoms with Crippen LogP contribution in [-0.4, -0.2) is 31.6 Å². The first-order valence-electron chi connectivity index (χ1n) is 6.83. The lowest BCUT2D eigenvalue weighted by molar-refractivity contribution is 0.184. The van der Waals surface area contributed by atoms with Crippen molar-refractivity contribution in [1.82, 2.24) is 19.7 Å². The van der Waals surface area contributed by atoms with E-state index in [2.05, 4.69) is 31.2 Å². The Morgan fingerprint density at radius 2 is 2.33 bits per heavy atom. The van der Waals surface area contributed by atoms with Crippen molar-refractivity contribution in [2.75, 3.05) is 5.73 Å². The molecule has 0 aromatic carbocycles. The van der Waals surface area contributed by atoms with Crippen molar-refractivity contribution in [3.05, 3.63) is 22.8 Å². The van der Waals surface area contributed by atoms with Crippen molar-refractivity contribution in [1.29, 1.82) is 0 Å². The predicted octanol–water partition coefficient (Wildman–Crippen LogP) is 2.37. The maximum Gasteiger partial charge on any atom is 0.404 e. The minimum absolute atomic E-state index is 0.0217. The van der Waals surface area contributed by atoms with Gasteiger partial charge in [-0.15, -0.1) is 0 Å². The van der Waals surface area contributed by atoms with Crippen molar-refractivity contribution < 1.29 is 9.90 Å². The molecule has 0 radical (unpaired) electrons. The molecule has 4 N–H and O–H groups in total. The summed E-state index contributed by atoms with van der Waals surface area (Å²) in [5.41, 5.74) is 6.67. The van der Waals surface area contributed by atoms with Crippen molar-refractivity contribution in [2.45, 2.75) is 37.6 Å². The quantitative estimate of drug-likeness (QED) is 0.768. The van der Waals surface area contributed by atoms with Crippen LogP contribution in [0.25, 0.3) is 5.52 Å². The molecule has 2 heterocycles. The molecule has 0 bridgehead atoms. The van der Waals surface area contributed by atoms with Gasteiger partial charge in [-0.25, -0.2) is 14.8 Å². The fourth-order valence-electron chi connectivity index (χ4n) is 3.06. The monoisotopic (exact) mass is 353 g/mol. The van der Waals surface area contributed by atoms with E-state index in [-0.39, 0.29) is 12.0 Å². The molecular formula is C13H16BrN5O2. The predicted molar refractivity (Wildman–Crippen MR) is 81.3 cm³/mol. The number of carbonyl (C=O) groups is 1. The van der Waals surface area contributed by atoms with Crippen LogP contribution in [0.4, 0.5) is 10.6 Å². The molecule has 112 valence electrons. The number of halogens is 1. The van der Waals surface area contributed by atoms with Gasteiger partial charge in [0.1, 0.15) is 15.9 Å². The second kappa shape index (κ2) is 5.51. The first-order valence-corrected chi connectivity index (χ1v) is 7.63. The molecule has 1 amide bonds. The summed E-state index contributed by atoms with van der Waals surface area (Å²) >= 11 is 3.43. The summed E-state index contributed by atoms with van der Waals surface area (Å²) in [4.78, 5) is 19.5. The van der Waals surface area contributed by atoms with Crippen LogP contribution in [0.2, 0.25) is 0 Å². The highest BCUT2D eigenvalue weighted by Crippen LogP contribution is 2.35. The maximum absolute atomic E-state index is 10.8. The molecule has 7 nitrogen and oxygen atoms in total. The Morgan fingerprint density at radius 3 is 3.10 bits per heavy atom. The zero-order chi connectivity index (χ0) is 15.0. The maximum atomic E-state index is 10.8. The summed E-state index contributed by atoms with van der Waals surface area (Å²) in [7, 11) is 0. The lowest BCUT2D eigenvalue weighted by atomic mass is 9.85. The zero-order valence-electron chi connectivity index (χ0n) is 11.3. The number of anilines is 1. The fraction of sp³-hybridized carbons (Fsp3) is 0.462. The number of hydrogen-bond donors (Lipinski definition) is 3. The molecule has 1 aliphatic rings. The summed E-state index contributed by atoms with van der Waals surface area (Å²) < 4.78 is 2.62.